The van der Waals surface area contributed by atoms with Crippen molar-refractivity contribution in [3.05, 3.63) is 18.9 Å². The first kappa shape index (κ1) is 2.45. The van der Waals surface area contributed by atoms with Gasteiger partial charge in [-0.2, -0.15) is 0 Å². The molecule has 0 amide bonds. The summed E-state index contributed by atoms with van der Waals surface area (Å²) in [6.07, 6.45) is 5.15. The third-order valence-corrected chi connectivity index (χ3v) is 0.309. The zero-order chi connectivity index (χ0) is 3.54. The van der Waals surface area contributed by atoms with Crippen LogP contribution in [0.4, 0.5) is 0 Å². The summed E-state index contributed by atoms with van der Waals surface area (Å²) >= 11 is 0. The highest BCUT2D eigenvalue weighted by Gasteiger charge is 1.45. The Balaban J connectivity index is 3.13. The van der Waals surface area contributed by atoms with Gasteiger partial charge in [-0.25, -0.2) is 0 Å². The van der Waals surface area contributed by atoms with E-state index in [-0.39, 0.29) is 0 Å². The highest BCUT2D eigenvalue weighted by Crippen LogP contribution is 1.70. The first-order valence-corrected chi connectivity index (χ1v) is 1.24. The number of oxazole rings is 1. The molecule has 0 aliphatic rings. The first-order chi connectivity index (χ1) is 2.50. The van der Waals surface area contributed by atoms with Crippen LogP contribution in [0.15, 0.2) is 17.0 Å². The van der Waals surface area contributed by atoms with E-state index in [0.29, 0.717) is 0 Å². The SMILES string of the molecule is [c-]1cnco1. The van der Waals surface area contributed by atoms with Crippen molar-refractivity contribution in [3.8, 4) is 0 Å². The summed E-state index contributed by atoms with van der Waals surface area (Å²) in [6.45, 7) is 0. The van der Waals surface area contributed by atoms with Crippen LogP contribution in [-0.2, 0) is 0 Å². The maximum atomic E-state index is 4.35. The number of rotatable bonds is 0. The molecule has 1 aromatic rings. The molecular weight excluding hydrogens is 66.0 g/mol. The lowest BCUT2D eigenvalue weighted by Gasteiger charge is -1.64. The van der Waals surface area contributed by atoms with E-state index in [1.54, 1.807) is 0 Å². The van der Waals surface area contributed by atoms with Crippen LogP contribution in [-0.4, -0.2) is 4.98 Å². The number of nitrogens with zero attached hydrogens (tertiary/aromatic N) is 1. The minimum atomic E-state index is 1.32. The van der Waals surface area contributed by atoms with Crippen molar-refractivity contribution in [1.82, 2.24) is 4.98 Å². The zero-order valence-corrected chi connectivity index (χ0v) is 2.51. The van der Waals surface area contributed by atoms with Crippen molar-refractivity contribution in [2.75, 3.05) is 0 Å². The van der Waals surface area contributed by atoms with Gasteiger partial charge < -0.3 is 9.40 Å². The Kier molecular flexibility index (Phi) is 0.433. The molecule has 1 rings (SSSR count). The van der Waals surface area contributed by atoms with E-state index in [4.69, 9.17) is 0 Å². The molecule has 5 heavy (non-hydrogen) atoms. The average Bonchev–Trinajstić information content (AvgIpc) is 1.76. The minimum absolute atomic E-state index is 1.32. The van der Waals surface area contributed by atoms with Gasteiger partial charge in [0.15, 0.2) is 0 Å². The summed E-state index contributed by atoms with van der Waals surface area (Å²) in [4.78, 5) is 3.50. The standard InChI is InChI=1S/C3H2NO/c1-2-5-3-4-1/h1,3H/q-1. The Morgan fingerprint density at radius 2 is 2.80 bits per heavy atom. The molecule has 2 heteroatoms. The van der Waals surface area contributed by atoms with Gasteiger partial charge in [-0.1, -0.05) is 6.26 Å². The molecule has 26 valence electrons. The second-order valence-corrected chi connectivity index (χ2v) is 0.619. The average molecular weight is 68.1 g/mol. The molecule has 0 saturated heterocycles. The molecule has 0 N–H and O–H groups in total. The predicted molar refractivity (Wildman–Crippen MR) is 15.3 cm³/mol. The maximum Gasteiger partial charge on any atom is 0.0198 e. The number of hydrogen-bond donors (Lipinski definition) is 0. The van der Waals surface area contributed by atoms with Gasteiger partial charge in [-0.15, -0.1) is 0 Å². The monoisotopic (exact) mass is 68.0 g/mol. The second-order valence-electron chi connectivity index (χ2n) is 0.619. The zero-order valence-electron chi connectivity index (χ0n) is 2.51. The van der Waals surface area contributed by atoms with Crippen LogP contribution in [0.2, 0.25) is 0 Å². The van der Waals surface area contributed by atoms with Gasteiger partial charge in [-0.3, -0.25) is 0 Å². The Morgan fingerprint density at radius 3 is 3.00 bits per heavy atom. The van der Waals surface area contributed by atoms with Gasteiger partial charge in [0.05, 0.1) is 0 Å². The van der Waals surface area contributed by atoms with E-state index < -0.39 is 0 Å². The first-order valence-electron chi connectivity index (χ1n) is 1.24. The Hall–Kier alpha value is -0.790. The van der Waals surface area contributed by atoms with Crippen LogP contribution in [0.1, 0.15) is 0 Å². The molecule has 0 aromatic carbocycles. The molecule has 0 aliphatic heterocycles. The topological polar surface area (TPSA) is 26.0 Å². The van der Waals surface area contributed by atoms with Crippen LogP contribution in [0.3, 0.4) is 0 Å². The molecule has 0 unspecified atom stereocenters. The van der Waals surface area contributed by atoms with Crippen LogP contribution >= 0.6 is 0 Å². The molecule has 1 aromatic heterocycles. The van der Waals surface area contributed by atoms with E-state index in [1.165, 1.54) is 12.6 Å². The molecule has 0 saturated carbocycles. The van der Waals surface area contributed by atoms with Gasteiger partial charge >= 0.3 is 0 Å². The van der Waals surface area contributed by atoms with Crippen LogP contribution in [0.5, 0.6) is 0 Å². The van der Waals surface area contributed by atoms with E-state index >= 15 is 0 Å². The van der Waals surface area contributed by atoms with Gasteiger partial charge in [0.1, 0.15) is 0 Å². The van der Waals surface area contributed by atoms with Crippen molar-refractivity contribution in [1.29, 1.82) is 0 Å². The predicted octanol–water partition coefficient (Wildman–Crippen LogP) is 0.475. The Morgan fingerprint density at radius 1 is 1.80 bits per heavy atom. The van der Waals surface area contributed by atoms with E-state index in [1.807, 2.05) is 0 Å². The van der Waals surface area contributed by atoms with Gasteiger partial charge in [0.25, 0.3) is 0 Å². The molecule has 0 fully saturated rings. The maximum absolute atomic E-state index is 4.35. The summed E-state index contributed by atoms with van der Waals surface area (Å²) in [5.74, 6) is 0. The second kappa shape index (κ2) is 0.885. The summed E-state index contributed by atoms with van der Waals surface area (Å²) in [7, 11) is 0. The van der Waals surface area contributed by atoms with Crippen LogP contribution in [0.25, 0.3) is 0 Å². The minimum Gasteiger partial charge on any atom is -0.632 e. The van der Waals surface area contributed by atoms with Gasteiger partial charge in [0, 0.05) is 6.39 Å². The van der Waals surface area contributed by atoms with Gasteiger partial charge in [-0.05, 0) is 6.20 Å². The van der Waals surface area contributed by atoms with Crippen molar-refractivity contribution >= 4 is 0 Å². The summed E-state index contributed by atoms with van der Waals surface area (Å²) in [5.41, 5.74) is 0. The fourth-order valence-electron chi connectivity index (χ4n) is 0.152. The highest BCUT2D eigenvalue weighted by atomic mass is 16.3. The van der Waals surface area contributed by atoms with Crippen molar-refractivity contribution in [2.45, 2.75) is 0 Å². The number of hydrogen-bond acceptors (Lipinski definition) is 2. The Labute approximate surface area is 29.4 Å². The fraction of sp³-hybridized carbons (Fsp3) is 0. The summed E-state index contributed by atoms with van der Waals surface area (Å²) < 4.78 is 4.35. The Bertz CT molecular complexity index is 63.4. The molecule has 0 atom stereocenters. The molecule has 0 bridgehead atoms. The third-order valence-electron chi connectivity index (χ3n) is 0.309. The van der Waals surface area contributed by atoms with Crippen LogP contribution in [0, 0.1) is 6.26 Å². The summed E-state index contributed by atoms with van der Waals surface area (Å²) in [5, 5.41) is 0. The van der Waals surface area contributed by atoms with Gasteiger partial charge in [0.2, 0.25) is 0 Å². The quantitative estimate of drug-likeness (QED) is 0.413. The van der Waals surface area contributed by atoms with Crippen LogP contribution < -0.4 is 0 Å². The molecule has 0 spiro atoms. The molecule has 0 radical (unpaired) electrons. The lowest BCUT2D eigenvalue weighted by molar-refractivity contribution is 0.549. The number of aromatic nitrogens is 1. The molecular formula is C3H2NO-. The van der Waals surface area contributed by atoms with Crippen molar-refractivity contribution in [2.24, 2.45) is 0 Å². The lowest BCUT2D eigenvalue weighted by atomic mass is 11.0. The van der Waals surface area contributed by atoms with E-state index in [0.717, 1.165) is 0 Å². The largest absolute Gasteiger partial charge is 0.632 e. The molecule has 0 aliphatic carbocycles. The van der Waals surface area contributed by atoms with Crippen molar-refractivity contribution < 1.29 is 4.42 Å². The van der Waals surface area contributed by atoms with E-state index in [9.17, 15) is 0 Å². The highest BCUT2D eigenvalue weighted by molar-refractivity contribution is 4.53. The normalized spacial score (nSPS) is 8.00. The van der Waals surface area contributed by atoms with Crippen molar-refractivity contribution in [3.63, 3.8) is 0 Å². The summed E-state index contributed by atoms with van der Waals surface area (Å²) in [6, 6.07) is 0. The van der Waals surface area contributed by atoms with E-state index in [2.05, 4.69) is 15.7 Å². The lowest BCUT2D eigenvalue weighted by Crippen LogP contribution is -1.39. The smallest absolute Gasteiger partial charge is 0.0198 e. The molecule has 2 nitrogen and oxygen atoms in total. The molecule has 1 heterocycles. The third kappa shape index (κ3) is 0.265. The fourth-order valence-corrected chi connectivity index (χ4v) is 0.152.